The molecule has 2 saturated carbocycles. The van der Waals surface area contributed by atoms with Crippen molar-refractivity contribution in [3.63, 3.8) is 0 Å². The third-order valence-corrected chi connectivity index (χ3v) is 15.9. The van der Waals surface area contributed by atoms with Gasteiger partial charge in [0, 0.05) is 88.0 Å². The van der Waals surface area contributed by atoms with Crippen molar-refractivity contribution < 1.29 is 28.3 Å². The number of hydrogen-bond acceptors (Lipinski definition) is 8. The second-order valence-corrected chi connectivity index (χ2v) is 20.7. The molecule has 4 N–H and O–H groups in total. The highest BCUT2D eigenvalue weighted by Crippen LogP contribution is 2.46. The van der Waals surface area contributed by atoms with E-state index >= 15 is 0 Å². The Morgan fingerprint density at radius 3 is 1.57 bits per heavy atom. The Hall–Kier alpha value is -5.16. The zero-order valence-electron chi connectivity index (χ0n) is 40.1. The molecule has 4 aromatic carbocycles. The molecule has 5 fully saturated rings. The molecule has 0 radical (unpaired) electrons. The summed E-state index contributed by atoms with van der Waals surface area (Å²) in [6.45, 7) is 29.7. The van der Waals surface area contributed by atoms with Crippen molar-refractivity contribution in [1.82, 2.24) is 9.13 Å². The third-order valence-electron chi connectivity index (χ3n) is 15.3. The van der Waals surface area contributed by atoms with Gasteiger partial charge in [-0.05, 0) is 147 Å². The van der Waals surface area contributed by atoms with E-state index in [1.807, 2.05) is 61.5 Å². The molecule has 3 saturated heterocycles. The lowest BCUT2D eigenvalue weighted by Crippen LogP contribution is -2.41. The van der Waals surface area contributed by atoms with Crippen LogP contribution in [0.15, 0.2) is 89.7 Å². The smallest absolute Gasteiger partial charge is 0.399 e. The summed E-state index contributed by atoms with van der Waals surface area (Å²) < 4.78 is 41.3. The molecule has 0 atom stereocenters. The number of hydrogen-bond donors (Lipinski definition) is 2. The van der Waals surface area contributed by atoms with Crippen molar-refractivity contribution in [3.05, 3.63) is 124 Å². The number of nitrogen functional groups attached to an aromatic ring is 2. The average molecular weight is 982 g/mol. The first-order valence-electron chi connectivity index (χ1n) is 23.9. The maximum atomic E-state index is 7.44. The molecule has 14 heteroatoms. The fraction of sp³-hybridized carbons (Fsp3) is 0.444. The second-order valence-electron chi connectivity index (χ2n) is 19.8. The Balaban J connectivity index is 0.000000132. The second kappa shape index (κ2) is 19.0. The number of ether oxygens (including phenoxy) is 4. The van der Waals surface area contributed by atoms with Gasteiger partial charge >= 0.3 is 7.12 Å². The molecule has 2 aliphatic carbocycles. The Bertz CT molecular complexity index is 2880. The van der Waals surface area contributed by atoms with Crippen LogP contribution in [-0.2, 0) is 28.3 Å². The lowest BCUT2D eigenvalue weighted by molar-refractivity contribution is -0.181. The summed E-state index contributed by atoms with van der Waals surface area (Å²) in [5, 5.41) is 2.23. The van der Waals surface area contributed by atoms with Gasteiger partial charge in [0.15, 0.2) is 22.9 Å². The number of rotatable bonds is 4. The van der Waals surface area contributed by atoms with E-state index in [0.29, 0.717) is 36.7 Å². The van der Waals surface area contributed by atoms with Crippen LogP contribution in [0.25, 0.3) is 42.6 Å². The minimum atomic E-state index is -0.357. The number of aromatic nitrogens is 2. The van der Waals surface area contributed by atoms with Crippen LogP contribution in [-0.4, -0.2) is 65.5 Å². The van der Waals surface area contributed by atoms with Gasteiger partial charge in [-0.15, -0.1) is 0 Å². The third kappa shape index (κ3) is 9.21. The Morgan fingerprint density at radius 2 is 1.06 bits per heavy atom. The van der Waals surface area contributed by atoms with Gasteiger partial charge in [0.1, 0.15) is 0 Å². The van der Waals surface area contributed by atoms with E-state index in [1.165, 1.54) is 11.0 Å². The molecule has 2 spiro atoms. The number of anilines is 2. The fourth-order valence-corrected chi connectivity index (χ4v) is 11.0. The number of benzene rings is 4. The minimum absolute atomic E-state index is 0.311. The SMILES string of the molecule is Cc1c(N)cccc1B1OC(C)(C)C(C)(C)O1.[C-]#[N+]c1ccc2c(c1)c(-c1cccc(N)c1C)cn2C1CCC2(CC1)OCCO2.[C-]#[N+]c1ccc2c(c1)c(Br)cn2C1CCC2(CC1)OCCO2. The van der Waals surface area contributed by atoms with Crippen LogP contribution in [0.4, 0.5) is 22.7 Å². The van der Waals surface area contributed by atoms with Crippen LogP contribution in [0.5, 0.6) is 0 Å². The van der Waals surface area contributed by atoms with Gasteiger partial charge < -0.3 is 48.9 Å². The van der Waals surface area contributed by atoms with Crippen molar-refractivity contribution in [3.8, 4) is 11.1 Å². The predicted octanol–water partition coefficient (Wildman–Crippen LogP) is 12.3. The zero-order valence-corrected chi connectivity index (χ0v) is 41.7. The van der Waals surface area contributed by atoms with Gasteiger partial charge in [-0.1, -0.05) is 36.4 Å². The van der Waals surface area contributed by atoms with Gasteiger partial charge in [0.05, 0.1) is 50.8 Å². The lowest BCUT2D eigenvalue weighted by Gasteiger charge is -2.36. The number of nitrogens with two attached hydrogens (primary N) is 2. The molecule has 3 aliphatic heterocycles. The maximum absolute atomic E-state index is 7.44. The molecule has 11 rings (SSSR count). The standard InChI is InChI=1S/C24H25N3O2.C17H17BrN2O2.C13H20BNO2/c1-16-19(4-3-5-22(16)25)21-15-27(23-7-6-17(26-2)14-20(21)23)18-8-10-24(11-9-18)28-12-13-29-24;1-19-12-2-3-16-14(10-12)15(18)11-20(16)13-4-6-17(7-5-13)21-8-9-22-17;1-9-10(7-6-8-11(9)15)14-16-12(2,3)13(4,5)17-14/h3-7,14-15,18H,8-13,25H2,1H3;2-3,10-11,13H,4-9H2;6-8H,15H2,1-5H3. The van der Waals surface area contributed by atoms with Crippen LogP contribution in [0.3, 0.4) is 0 Å². The first-order chi connectivity index (χ1) is 32.6. The van der Waals surface area contributed by atoms with Gasteiger partial charge in [0.25, 0.3) is 0 Å². The van der Waals surface area contributed by atoms with Crippen LogP contribution < -0.4 is 16.9 Å². The highest BCUT2D eigenvalue weighted by Gasteiger charge is 2.52. The maximum Gasteiger partial charge on any atom is 0.495 e. The minimum Gasteiger partial charge on any atom is -0.399 e. The van der Waals surface area contributed by atoms with E-state index < -0.39 is 0 Å². The first kappa shape index (κ1) is 47.9. The quantitative estimate of drug-likeness (QED) is 0.102. The van der Waals surface area contributed by atoms with Crippen LogP contribution in [0.2, 0.25) is 0 Å². The molecular weight excluding hydrogens is 919 g/mol. The van der Waals surface area contributed by atoms with E-state index in [1.54, 1.807) is 0 Å². The van der Waals surface area contributed by atoms with Crippen molar-refractivity contribution in [1.29, 1.82) is 0 Å². The van der Waals surface area contributed by atoms with E-state index in [-0.39, 0.29) is 29.9 Å². The number of halogens is 1. The van der Waals surface area contributed by atoms with Gasteiger partial charge in [-0.3, -0.25) is 0 Å². The van der Waals surface area contributed by atoms with Crippen LogP contribution in [0, 0.1) is 27.0 Å². The van der Waals surface area contributed by atoms with Gasteiger partial charge in [0.2, 0.25) is 0 Å². The summed E-state index contributed by atoms with van der Waals surface area (Å²) >= 11 is 3.63. The molecule has 68 heavy (non-hydrogen) atoms. The van der Waals surface area contributed by atoms with Gasteiger partial charge in [-0.25, -0.2) is 9.69 Å². The average Bonchev–Trinajstić information content (AvgIpc) is 4.17. The van der Waals surface area contributed by atoms with E-state index in [9.17, 15) is 0 Å². The predicted molar refractivity (Wildman–Crippen MR) is 274 cm³/mol. The summed E-state index contributed by atoms with van der Waals surface area (Å²) in [6, 6.07) is 24.6. The van der Waals surface area contributed by atoms with Crippen LogP contribution >= 0.6 is 15.9 Å². The summed E-state index contributed by atoms with van der Waals surface area (Å²) in [6.07, 6.45) is 12.3. The molecular formula is C54H62BBrN6O6. The lowest BCUT2D eigenvalue weighted by atomic mass is 9.76. The summed E-state index contributed by atoms with van der Waals surface area (Å²) in [5.74, 6) is -0.669. The van der Waals surface area contributed by atoms with Gasteiger partial charge in [-0.2, -0.15) is 0 Å². The Morgan fingerprint density at radius 1 is 0.603 bits per heavy atom. The highest BCUT2D eigenvalue weighted by atomic mass is 79.9. The molecule has 0 bridgehead atoms. The van der Waals surface area contributed by atoms with Crippen molar-refractivity contribution in [2.75, 3.05) is 37.9 Å². The summed E-state index contributed by atoms with van der Waals surface area (Å²) in [4.78, 5) is 7.17. The molecule has 2 aromatic heterocycles. The molecule has 0 unspecified atom stereocenters. The summed E-state index contributed by atoms with van der Waals surface area (Å²) in [7, 11) is -0.330. The number of fused-ring (bicyclic) bond motifs is 2. The largest absolute Gasteiger partial charge is 0.495 e. The molecule has 0 amide bonds. The molecule has 354 valence electrons. The molecule has 5 heterocycles. The van der Waals surface area contributed by atoms with E-state index in [0.717, 1.165) is 119 Å². The molecule has 6 aromatic rings. The fourth-order valence-electron chi connectivity index (χ4n) is 10.5. The highest BCUT2D eigenvalue weighted by molar-refractivity contribution is 9.10. The molecule has 5 aliphatic rings. The van der Waals surface area contributed by atoms with E-state index in [4.69, 9.17) is 52.9 Å². The number of nitrogens with zero attached hydrogens (tertiary/aromatic N) is 4. The van der Waals surface area contributed by atoms with Crippen molar-refractivity contribution >= 4 is 73.1 Å². The normalized spacial score (nSPS) is 21.3. The monoisotopic (exact) mass is 980 g/mol. The Labute approximate surface area is 409 Å². The van der Waals surface area contributed by atoms with Crippen molar-refractivity contribution in [2.45, 2.75) is 128 Å². The van der Waals surface area contributed by atoms with Crippen LogP contribution in [0.1, 0.15) is 102 Å². The summed E-state index contributed by atoms with van der Waals surface area (Å²) in [5.41, 5.74) is 22.2. The first-order valence-corrected chi connectivity index (χ1v) is 24.7. The van der Waals surface area contributed by atoms with E-state index in [2.05, 4.69) is 100.0 Å². The Kier molecular flexibility index (Phi) is 13.4. The topological polar surface area (TPSA) is 126 Å². The zero-order chi connectivity index (χ0) is 48.0. The molecule has 12 nitrogen and oxygen atoms in total. The van der Waals surface area contributed by atoms with Crippen molar-refractivity contribution in [2.24, 2.45) is 0 Å².